The molecule has 11 heavy (non-hydrogen) atoms. The zero-order valence-corrected chi connectivity index (χ0v) is 7.05. The third-order valence-electron chi connectivity index (χ3n) is 2.76. The number of quaternary nitrogens is 1. The maximum atomic E-state index is 5.01. The highest BCUT2D eigenvalue weighted by atomic mass is 16.6. The van der Waals surface area contributed by atoms with Gasteiger partial charge in [-0.3, -0.25) is 4.48 Å². The number of amidine groups is 1. The van der Waals surface area contributed by atoms with Crippen molar-refractivity contribution in [2.75, 3.05) is 26.7 Å². The van der Waals surface area contributed by atoms with E-state index in [1.165, 1.54) is 31.8 Å². The SMILES string of the molecule is C[N+]1(C2=NOCC2)CCCC1. The highest BCUT2D eigenvalue weighted by Gasteiger charge is 2.35. The first kappa shape index (κ1) is 7.10. The van der Waals surface area contributed by atoms with Gasteiger partial charge in [-0.2, -0.15) is 0 Å². The van der Waals surface area contributed by atoms with Crippen LogP contribution in [0.25, 0.3) is 0 Å². The van der Waals surface area contributed by atoms with Gasteiger partial charge in [0.1, 0.15) is 6.61 Å². The molecule has 0 spiro atoms. The Hall–Kier alpha value is -0.570. The highest BCUT2D eigenvalue weighted by molar-refractivity contribution is 5.76. The summed E-state index contributed by atoms with van der Waals surface area (Å²) in [5, 5.41) is 4.08. The van der Waals surface area contributed by atoms with E-state index in [4.69, 9.17) is 4.84 Å². The van der Waals surface area contributed by atoms with E-state index >= 15 is 0 Å². The minimum atomic E-state index is 0.795. The van der Waals surface area contributed by atoms with Crippen molar-refractivity contribution in [1.29, 1.82) is 0 Å². The zero-order chi connectivity index (χ0) is 7.73. The van der Waals surface area contributed by atoms with Gasteiger partial charge in [-0.1, -0.05) is 0 Å². The molecule has 0 aliphatic carbocycles. The lowest BCUT2D eigenvalue weighted by Gasteiger charge is -2.26. The van der Waals surface area contributed by atoms with Crippen molar-refractivity contribution in [2.24, 2.45) is 5.16 Å². The predicted octanol–water partition coefficient (Wildman–Crippen LogP) is 0.961. The van der Waals surface area contributed by atoms with Gasteiger partial charge in [-0.15, -0.1) is 0 Å². The van der Waals surface area contributed by atoms with Gasteiger partial charge in [0, 0.05) is 12.8 Å². The van der Waals surface area contributed by atoms with Crippen molar-refractivity contribution in [1.82, 2.24) is 0 Å². The molecule has 0 saturated carbocycles. The third-order valence-corrected chi connectivity index (χ3v) is 2.76. The van der Waals surface area contributed by atoms with Gasteiger partial charge in [-0.05, 0) is 5.16 Å². The molecule has 62 valence electrons. The molecule has 0 aromatic heterocycles. The Morgan fingerprint density at radius 1 is 1.36 bits per heavy atom. The summed E-state index contributed by atoms with van der Waals surface area (Å²) in [5.74, 6) is 1.25. The standard InChI is InChI=1S/C8H15N2O/c1-10(5-2-3-6-10)8-4-7-11-9-8/h2-7H2,1H3/q+1. The monoisotopic (exact) mass is 155 g/mol. The van der Waals surface area contributed by atoms with E-state index in [0.29, 0.717) is 0 Å². The molecule has 0 bridgehead atoms. The lowest BCUT2D eigenvalue weighted by Crippen LogP contribution is -2.45. The molecule has 0 radical (unpaired) electrons. The van der Waals surface area contributed by atoms with Gasteiger partial charge in [-0.25, -0.2) is 0 Å². The fourth-order valence-corrected chi connectivity index (χ4v) is 1.96. The van der Waals surface area contributed by atoms with E-state index in [0.717, 1.165) is 17.5 Å². The first-order valence-corrected chi connectivity index (χ1v) is 4.35. The summed E-state index contributed by atoms with van der Waals surface area (Å²) in [4.78, 5) is 5.01. The lowest BCUT2D eigenvalue weighted by molar-refractivity contribution is -0.808. The number of hydrogen-bond donors (Lipinski definition) is 0. The normalized spacial score (nSPS) is 28.3. The molecule has 2 rings (SSSR count). The summed E-state index contributed by atoms with van der Waals surface area (Å²) in [6.07, 6.45) is 3.72. The van der Waals surface area contributed by atoms with Crippen LogP contribution >= 0.6 is 0 Å². The topological polar surface area (TPSA) is 21.6 Å². The molecule has 3 nitrogen and oxygen atoms in total. The van der Waals surface area contributed by atoms with Crippen LogP contribution in [0.2, 0.25) is 0 Å². The van der Waals surface area contributed by atoms with Crippen molar-refractivity contribution in [2.45, 2.75) is 19.3 Å². The first-order valence-electron chi connectivity index (χ1n) is 4.35. The van der Waals surface area contributed by atoms with Gasteiger partial charge in [0.05, 0.1) is 26.6 Å². The smallest absolute Gasteiger partial charge is 0.241 e. The Labute approximate surface area is 67.2 Å². The molecule has 0 unspecified atom stereocenters. The van der Waals surface area contributed by atoms with Gasteiger partial charge in [0.15, 0.2) is 0 Å². The van der Waals surface area contributed by atoms with Crippen LogP contribution in [-0.4, -0.2) is 37.1 Å². The zero-order valence-electron chi connectivity index (χ0n) is 7.05. The fraction of sp³-hybridized carbons (Fsp3) is 0.875. The average Bonchev–Trinajstić information content (AvgIpc) is 2.55. The van der Waals surface area contributed by atoms with E-state index in [1.54, 1.807) is 0 Å². The van der Waals surface area contributed by atoms with Gasteiger partial charge in [0.25, 0.3) is 0 Å². The van der Waals surface area contributed by atoms with E-state index < -0.39 is 0 Å². The number of nitrogens with zero attached hydrogens (tertiary/aromatic N) is 2. The Morgan fingerprint density at radius 3 is 2.64 bits per heavy atom. The predicted molar refractivity (Wildman–Crippen MR) is 43.2 cm³/mol. The summed E-state index contributed by atoms with van der Waals surface area (Å²) in [7, 11) is 2.26. The third kappa shape index (κ3) is 1.13. The summed E-state index contributed by atoms with van der Waals surface area (Å²) < 4.78 is 1.04. The maximum Gasteiger partial charge on any atom is 0.241 e. The second-order valence-electron chi connectivity index (χ2n) is 3.64. The molecule has 1 fully saturated rings. The molecule has 0 aromatic rings. The Bertz CT molecular complexity index is 183. The van der Waals surface area contributed by atoms with E-state index in [2.05, 4.69) is 12.2 Å². The van der Waals surface area contributed by atoms with E-state index in [9.17, 15) is 0 Å². The molecule has 3 heteroatoms. The molecule has 0 amide bonds. The average molecular weight is 155 g/mol. The summed E-state index contributed by atoms with van der Waals surface area (Å²) >= 11 is 0. The van der Waals surface area contributed by atoms with Crippen molar-refractivity contribution in [3.63, 3.8) is 0 Å². The van der Waals surface area contributed by atoms with Crippen molar-refractivity contribution >= 4 is 5.84 Å². The van der Waals surface area contributed by atoms with E-state index in [-0.39, 0.29) is 0 Å². The molecule has 0 aromatic carbocycles. The number of hydrogen-bond acceptors (Lipinski definition) is 2. The van der Waals surface area contributed by atoms with Gasteiger partial charge in [0.2, 0.25) is 5.84 Å². The van der Waals surface area contributed by atoms with Crippen molar-refractivity contribution in [3.05, 3.63) is 0 Å². The van der Waals surface area contributed by atoms with Crippen LogP contribution in [0.15, 0.2) is 5.16 Å². The van der Waals surface area contributed by atoms with Crippen LogP contribution in [0.5, 0.6) is 0 Å². The minimum Gasteiger partial charge on any atom is -0.391 e. The van der Waals surface area contributed by atoms with Gasteiger partial charge >= 0.3 is 0 Å². The van der Waals surface area contributed by atoms with Crippen LogP contribution in [-0.2, 0) is 4.84 Å². The molecule has 2 aliphatic heterocycles. The van der Waals surface area contributed by atoms with E-state index in [1.807, 2.05) is 0 Å². The Morgan fingerprint density at radius 2 is 2.09 bits per heavy atom. The second-order valence-corrected chi connectivity index (χ2v) is 3.64. The molecule has 0 atom stereocenters. The maximum absolute atomic E-state index is 5.01. The molecular formula is C8H15N2O+. The molecule has 1 saturated heterocycles. The molecular weight excluding hydrogens is 140 g/mol. The van der Waals surface area contributed by atoms with Crippen LogP contribution < -0.4 is 0 Å². The highest BCUT2D eigenvalue weighted by Crippen LogP contribution is 2.21. The van der Waals surface area contributed by atoms with Crippen LogP contribution in [0, 0.1) is 0 Å². The quantitative estimate of drug-likeness (QED) is 0.477. The largest absolute Gasteiger partial charge is 0.391 e. The number of rotatable bonds is 0. The Kier molecular flexibility index (Phi) is 1.60. The van der Waals surface area contributed by atoms with Crippen LogP contribution in [0.4, 0.5) is 0 Å². The first-order chi connectivity index (χ1) is 5.31. The number of oxime groups is 1. The van der Waals surface area contributed by atoms with Crippen molar-refractivity contribution < 1.29 is 9.32 Å². The molecule has 2 heterocycles. The summed E-state index contributed by atoms with van der Waals surface area (Å²) in [5.41, 5.74) is 0. The van der Waals surface area contributed by atoms with Crippen LogP contribution in [0.1, 0.15) is 19.3 Å². The molecule has 0 N–H and O–H groups in total. The number of likely N-dealkylation sites (tertiary alicyclic amines) is 1. The summed E-state index contributed by atoms with van der Waals surface area (Å²) in [6.45, 7) is 3.30. The molecule has 2 aliphatic rings. The van der Waals surface area contributed by atoms with Crippen LogP contribution in [0.3, 0.4) is 0 Å². The van der Waals surface area contributed by atoms with Crippen molar-refractivity contribution in [3.8, 4) is 0 Å². The fourth-order valence-electron chi connectivity index (χ4n) is 1.96. The minimum absolute atomic E-state index is 0.795. The van der Waals surface area contributed by atoms with Gasteiger partial charge < -0.3 is 4.84 Å². The summed E-state index contributed by atoms with van der Waals surface area (Å²) in [6, 6.07) is 0. The second kappa shape index (κ2) is 2.48. The Balaban J connectivity index is 2.12. The lowest BCUT2D eigenvalue weighted by atomic mass is 10.3.